The van der Waals surface area contributed by atoms with Crippen LogP contribution in [0.15, 0.2) is 60.0 Å². The number of terminal acetylenes is 1. The highest BCUT2D eigenvalue weighted by Gasteiger charge is 2.18. The highest BCUT2D eigenvalue weighted by Crippen LogP contribution is 2.31. The Hall–Kier alpha value is -3.49. The van der Waals surface area contributed by atoms with Crippen molar-refractivity contribution >= 4 is 28.0 Å². The molecule has 0 fully saturated rings. The smallest absolute Gasteiger partial charge is 0.240 e. The van der Waals surface area contributed by atoms with Crippen LogP contribution in [0.25, 0.3) is 22.2 Å². The minimum absolute atomic E-state index is 0.180. The van der Waals surface area contributed by atoms with E-state index in [1.54, 1.807) is 12.1 Å². The van der Waals surface area contributed by atoms with Crippen molar-refractivity contribution < 1.29 is 9.53 Å². The van der Waals surface area contributed by atoms with Crippen molar-refractivity contribution in [1.29, 1.82) is 0 Å². The van der Waals surface area contributed by atoms with Crippen molar-refractivity contribution in [2.24, 2.45) is 0 Å². The van der Waals surface area contributed by atoms with Crippen molar-refractivity contribution in [3.05, 3.63) is 76.2 Å². The monoisotopic (exact) mass is 412 g/mol. The fourth-order valence-corrected chi connectivity index (χ4v) is 3.85. The Morgan fingerprint density at radius 1 is 1.13 bits per heavy atom. The first kappa shape index (κ1) is 19.8. The van der Waals surface area contributed by atoms with Crippen molar-refractivity contribution in [1.82, 2.24) is 9.97 Å². The van der Waals surface area contributed by atoms with Gasteiger partial charge in [0.15, 0.2) is 0 Å². The maximum absolute atomic E-state index is 12.9. The normalized spacial score (nSPS) is 10.9. The Labute approximate surface area is 179 Å². The standard InChI is InChI=1S/C25H20N2O2S/c1-4-13-29-19-11-12-21-20(15-19)23(18-9-7-17(8-10-18)16(2)3)27-25(26-21)24(28)22-6-5-14-30-22/h1,5-12,14-16H,13H2,2-3H3. The molecule has 0 atom stereocenters. The molecule has 5 heteroatoms. The molecule has 30 heavy (non-hydrogen) atoms. The maximum atomic E-state index is 12.9. The molecule has 2 heterocycles. The first-order chi connectivity index (χ1) is 14.6. The molecule has 0 saturated heterocycles. The summed E-state index contributed by atoms with van der Waals surface area (Å²) in [5, 5.41) is 2.68. The predicted molar refractivity (Wildman–Crippen MR) is 121 cm³/mol. The summed E-state index contributed by atoms with van der Waals surface area (Å²) in [7, 11) is 0. The Kier molecular flexibility index (Phi) is 5.60. The van der Waals surface area contributed by atoms with Gasteiger partial charge in [0.25, 0.3) is 0 Å². The van der Waals surface area contributed by atoms with Gasteiger partial charge in [-0.25, -0.2) is 9.97 Å². The molecule has 4 aromatic rings. The van der Waals surface area contributed by atoms with Crippen molar-refractivity contribution in [3.63, 3.8) is 0 Å². The van der Waals surface area contributed by atoms with E-state index in [0.29, 0.717) is 27.8 Å². The van der Waals surface area contributed by atoms with Crippen LogP contribution in [0.1, 0.15) is 40.8 Å². The SMILES string of the molecule is C#CCOc1ccc2nc(C(=O)c3cccs3)nc(-c3ccc(C(C)C)cc3)c2c1. The molecule has 0 unspecified atom stereocenters. The number of fused-ring (bicyclic) bond motifs is 1. The topological polar surface area (TPSA) is 52.1 Å². The van der Waals surface area contributed by atoms with Crippen LogP contribution in [-0.4, -0.2) is 22.4 Å². The van der Waals surface area contributed by atoms with Gasteiger partial charge in [-0.2, -0.15) is 0 Å². The van der Waals surface area contributed by atoms with Crippen molar-refractivity contribution in [2.75, 3.05) is 6.61 Å². The number of ketones is 1. The lowest BCUT2D eigenvalue weighted by Crippen LogP contribution is -2.07. The molecule has 0 amide bonds. The number of ether oxygens (including phenoxy) is 1. The Bertz CT molecular complexity index is 1240. The van der Waals surface area contributed by atoms with Crippen LogP contribution in [-0.2, 0) is 0 Å². The second-order valence-corrected chi connectivity index (χ2v) is 8.10. The van der Waals surface area contributed by atoms with E-state index in [4.69, 9.17) is 11.2 Å². The second-order valence-electron chi connectivity index (χ2n) is 7.15. The molecule has 2 aromatic heterocycles. The van der Waals surface area contributed by atoms with Gasteiger partial charge in [0.1, 0.15) is 12.4 Å². The Morgan fingerprint density at radius 3 is 2.60 bits per heavy atom. The number of carbonyl (C=O) groups excluding carboxylic acids is 1. The zero-order valence-electron chi connectivity index (χ0n) is 16.8. The summed E-state index contributed by atoms with van der Waals surface area (Å²) in [5.41, 5.74) is 3.54. The van der Waals surface area contributed by atoms with E-state index in [0.717, 1.165) is 10.9 Å². The summed E-state index contributed by atoms with van der Waals surface area (Å²) in [5.74, 6) is 3.55. The fraction of sp³-hybridized carbons (Fsp3) is 0.160. The van der Waals surface area contributed by atoms with Crippen LogP contribution >= 0.6 is 11.3 Å². The first-order valence-electron chi connectivity index (χ1n) is 9.63. The van der Waals surface area contributed by atoms with Gasteiger partial charge >= 0.3 is 0 Å². The molecular formula is C25H20N2O2S. The van der Waals surface area contributed by atoms with Crippen molar-refractivity contribution in [2.45, 2.75) is 19.8 Å². The average molecular weight is 413 g/mol. The van der Waals surface area contributed by atoms with Crippen LogP contribution in [0.5, 0.6) is 5.75 Å². The van der Waals surface area contributed by atoms with Crippen LogP contribution in [0, 0.1) is 12.3 Å². The van der Waals surface area contributed by atoms with E-state index < -0.39 is 0 Å². The summed E-state index contributed by atoms with van der Waals surface area (Å²) in [4.78, 5) is 22.7. The number of hydrogen-bond acceptors (Lipinski definition) is 5. The molecule has 0 radical (unpaired) electrons. The number of thiophene rings is 1. The minimum Gasteiger partial charge on any atom is -0.481 e. The van der Waals surface area contributed by atoms with Crippen LogP contribution < -0.4 is 4.74 Å². The summed E-state index contributed by atoms with van der Waals surface area (Å²) in [6, 6.07) is 17.4. The summed E-state index contributed by atoms with van der Waals surface area (Å²) >= 11 is 1.38. The van der Waals surface area contributed by atoms with E-state index in [-0.39, 0.29) is 18.2 Å². The predicted octanol–water partition coefficient (Wildman–Crippen LogP) is 5.72. The molecule has 0 aliphatic rings. The van der Waals surface area contributed by atoms with Crippen LogP contribution in [0.2, 0.25) is 0 Å². The van der Waals surface area contributed by atoms with Gasteiger partial charge in [0.05, 0.1) is 16.1 Å². The molecule has 0 spiro atoms. The van der Waals surface area contributed by atoms with E-state index in [1.165, 1.54) is 16.9 Å². The molecule has 4 nitrogen and oxygen atoms in total. The Balaban J connectivity index is 1.88. The van der Waals surface area contributed by atoms with Crippen molar-refractivity contribution in [3.8, 4) is 29.4 Å². The molecular weight excluding hydrogens is 392 g/mol. The van der Waals surface area contributed by atoms with Crippen LogP contribution in [0.4, 0.5) is 0 Å². The number of carbonyl (C=O) groups is 1. The zero-order valence-corrected chi connectivity index (χ0v) is 17.6. The third kappa shape index (κ3) is 3.96. The molecule has 0 bridgehead atoms. The molecule has 0 N–H and O–H groups in total. The van der Waals surface area contributed by atoms with Gasteiger partial charge in [-0.1, -0.05) is 50.1 Å². The van der Waals surface area contributed by atoms with Gasteiger partial charge in [-0.3, -0.25) is 4.79 Å². The van der Waals surface area contributed by atoms with Gasteiger partial charge in [-0.05, 0) is 41.1 Å². The maximum Gasteiger partial charge on any atom is 0.240 e. The Morgan fingerprint density at radius 2 is 1.93 bits per heavy atom. The third-order valence-corrected chi connectivity index (χ3v) is 5.66. The number of hydrogen-bond donors (Lipinski definition) is 0. The van der Waals surface area contributed by atoms with E-state index in [1.807, 2.05) is 35.7 Å². The average Bonchev–Trinajstić information content (AvgIpc) is 3.31. The first-order valence-corrected chi connectivity index (χ1v) is 10.5. The number of nitrogens with zero attached hydrogens (tertiary/aromatic N) is 2. The second kappa shape index (κ2) is 8.48. The summed E-state index contributed by atoms with van der Waals surface area (Å²) < 4.78 is 5.58. The highest BCUT2D eigenvalue weighted by molar-refractivity contribution is 7.12. The van der Waals surface area contributed by atoms with E-state index >= 15 is 0 Å². The number of rotatable bonds is 6. The van der Waals surface area contributed by atoms with Crippen LogP contribution in [0.3, 0.4) is 0 Å². The van der Waals surface area contributed by atoms with Gasteiger partial charge in [0, 0.05) is 10.9 Å². The molecule has 4 rings (SSSR count). The molecule has 0 saturated carbocycles. The summed E-state index contributed by atoms with van der Waals surface area (Å²) in [6.45, 7) is 4.49. The summed E-state index contributed by atoms with van der Waals surface area (Å²) in [6.07, 6.45) is 5.31. The van der Waals surface area contributed by atoms with E-state index in [9.17, 15) is 4.79 Å². The van der Waals surface area contributed by atoms with Gasteiger partial charge in [0.2, 0.25) is 11.6 Å². The molecule has 148 valence electrons. The third-order valence-electron chi connectivity index (χ3n) is 4.79. The minimum atomic E-state index is -0.181. The fourth-order valence-electron chi connectivity index (χ4n) is 3.19. The number of aromatic nitrogens is 2. The quantitative estimate of drug-likeness (QED) is 0.300. The molecule has 0 aliphatic heterocycles. The highest BCUT2D eigenvalue weighted by atomic mass is 32.1. The largest absolute Gasteiger partial charge is 0.481 e. The number of benzene rings is 2. The van der Waals surface area contributed by atoms with E-state index in [2.05, 4.69) is 41.9 Å². The lowest BCUT2D eigenvalue weighted by atomic mass is 9.99. The lowest BCUT2D eigenvalue weighted by molar-refractivity contribution is 0.103. The van der Waals surface area contributed by atoms with Gasteiger partial charge < -0.3 is 4.74 Å². The lowest BCUT2D eigenvalue weighted by Gasteiger charge is -2.11. The van der Waals surface area contributed by atoms with Gasteiger partial charge in [-0.15, -0.1) is 17.8 Å². The molecule has 2 aromatic carbocycles. The molecule has 0 aliphatic carbocycles. The zero-order chi connectivity index (χ0) is 21.1.